The maximum atomic E-state index is 13.7. The molecule has 0 aliphatic carbocycles. The van der Waals surface area contributed by atoms with E-state index < -0.39 is 103 Å². The van der Waals surface area contributed by atoms with Gasteiger partial charge in [-0.2, -0.15) is 52.7 Å². The number of anilines is 2. The number of esters is 4. The van der Waals surface area contributed by atoms with E-state index in [2.05, 4.69) is 14.8 Å². The second kappa shape index (κ2) is 19.6. The molecule has 0 aromatic heterocycles. The predicted octanol–water partition coefficient (Wildman–Crippen LogP) is 7.40. The van der Waals surface area contributed by atoms with Crippen molar-refractivity contribution in [3.63, 3.8) is 0 Å². The van der Waals surface area contributed by atoms with Gasteiger partial charge in [-0.05, 0) is 90.3 Å². The van der Waals surface area contributed by atoms with E-state index in [-0.39, 0.29) is 27.9 Å². The quantitative estimate of drug-likeness (QED) is 0.0301. The van der Waals surface area contributed by atoms with Gasteiger partial charge in [0.05, 0.1) is 16.7 Å². The number of aliphatic hydroxyl groups is 2. The fraction of sp³-hybridized carbons (Fsp3) is 0.275. The molecule has 4 aromatic carbocycles. The van der Waals surface area contributed by atoms with Gasteiger partial charge >= 0.3 is 59.8 Å². The zero-order chi connectivity index (χ0) is 49.6. The summed E-state index contributed by atoms with van der Waals surface area (Å²) in [7, 11) is 0. The average molecular weight is 959 g/mol. The largest absolute Gasteiger partial charge is 0.459 e. The molecule has 0 fully saturated rings. The van der Waals surface area contributed by atoms with Crippen molar-refractivity contribution < 1.29 is 111 Å². The molecule has 0 aliphatic rings. The van der Waals surface area contributed by atoms with Crippen molar-refractivity contribution in [1.29, 1.82) is 0 Å². The van der Waals surface area contributed by atoms with Gasteiger partial charge in [0.15, 0.2) is 0 Å². The van der Waals surface area contributed by atoms with Crippen molar-refractivity contribution in [2.45, 2.75) is 42.8 Å². The van der Waals surface area contributed by atoms with Crippen LogP contribution in [0.15, 0.2) is 84.9 Å². The Morgan fingerprint density at radius 2 is 0.894 bits per heavy atom. The second-order valence-corrected chi connectivity index (χ2v) is 13.4. The first-order chi connectivity index (χ1) is 30.4. The van der Waals surface area contributed by atoms with Crippen molar-refractivity contribution in [2.75, 3.05) is 37.5 Å². The van der Waals surface area contributed by atoms with Crippen molar-refractivity contribution in [2.24, 2.45) is 0 Å². The van der Waals surface area contributed by atoms with E-state index in [4.69, 9.17) is 30.2 Å². The number of nitrogens with one attached hydrogen (secondary N) is 1. The third-order valence-corrected chi connectivity index (χ3v) is 8.82. The molecule has 0 spiro atoms. The molecular formula is C40H30F12N2O12. The molecule has 26 heteroatoms. The van der Waals surface area contributed by atoms with Gasteiger partial charge in [0.1, 0.15) is 37.9 Å². The van der Waals surface area contributed by atoms with E-state index in [1.54, 1.807) is 24.3 Å². The molecule has 0 unspecified atom stereocenters. The molecule has 66 heavy (non-hydrogen) atoms. The Hall–Kier alpha value is -7.09. The molecule has 0 heterocycles. The van der Waals surface area contributed by atoms with Crippen molar-refractivity contribution in [3.05, 3.63) is 107 Å². The Bertz CT molecular complexity index is 2410. The van der Waals surface area contributed by atoms with Crippen LogP contribution in [0.25, 0.3) is 11.1 Å². The third kappa shape index (κ3) is 11.4. The summed E-state index contributed by atoms with van der Waals surface area (Å²) in [5.41, 5.74) is -6.36. The number of aryl methyl sites for hydroxylation is 1. The van der Waals surface area contributed by atoms with Crippen molar-refractivity contribution in [3.8, 4) is 22.6 Å². The van der Waals surface area contributed by atoms with E-state index in [1.807, 2.05) is 0 Å². The van der Waals surface area contributed by atoms with Crippen molar-refractivity contribution in [1.82, 2.24) is 0 Å². The Balaban J connectivity index is 1.53. The van der Waals surface area contributed by atoms with Crippen LogP contribution in [-0.4, -0.2) is 102 Å². The van der Waals surface area contributed by atoms with Crippen LogP contribution in [0.2, 0.25) is 0 Å². The molecule has 0 saturated carbocycles. The first kappa shape index (κ1) is 51.5. The number of alkyl halides is 12. The van der Waals surface area contributed by atoms with Crippen LogP contribution >= 0.6 is 0 Å². The van der Waals surface area contributed by atoms with Gasteiger partial charge in [-0.15, -0.1) is 0 Å². The lowest BCUT2D eigenvalue weighted by molar-refractivity contribution is -0.358. The average Bonchev–Trinajstić information content (AvgIpc) is 3.22. The lowest BCUT2D eigenvalue weighted by atomic mass is 9.96. The number of rotatable bonds is 15. The summed E-state index contributed by atoms with van der Waals surface area (Å²) in [5.74, 6) is -9.23. The molecule has 0 aliphatic heterocycles. The lowest BCUT2D eigenvalue weighted by Gasteiger charge is -2.29. The summed E-state index contributed by atoms with van der Waals surface area (Å²) in [4.78, 5) is 62.8. The minimum Gasteiger partial charge on any atom is -0.459 e. The van der Waals surface area contributed by atoms with Crippen LogP contribution < -0.4 is 15.8 Å². The number of halogens is 12. The molecule has 0 atom stereocenters. The summed E-state index contributed by atoms with van der Waals surface area (Å²) in [6, 6.07) is 19.0. The molecule has 1 amide bonds. The first-order valence-electron chi connectivity index (χ1n) is 18.0. The number of carbonyl (C=O) groups is 5. The fourth-order valence-corrected chi connectivity index (χ4v) is 5.32. The molecule has 356 valence electrons. The Morgan fingerprint density at radius 3 is 1.32 bits per heavy atom. The first-order valence-corrected chi connectivity index (χ1v) is 18.0. The van der Waals surface area contributed by atoms with Gasteiger partial charge in [-0.1, -0.05) is 18.2 Å². The van der Waals surface area contributed by atoms with Gasteiger partial charge in [0, 0.05) is 11.4 Å². The number of hydrogen-bond acceptors (Lipinski definition) is 13. The molecule has 0 bridgehead atoms. The van der Waals surface area contributed by atoms with E-state index >= 15 is 0 Å². The highest BCUT2D eigenvalue weighted by Crippen LogP contribution is 2.45. The summed E-state index contributed by atoms with van der Waals surface area (Å²) in [5, 5.41) is 20.7. The van der Waals surface area contributed by atoms with Crippen molar-refractivity contribution >= 4 is 41.2 Å². The topological polar surface area (TPSA) is 210 Å². The third-order valence-electron chi connectivity index (χ3n) is 8.82. The van der Waals surface area contributed by atoms with Gasteiger partial charge in [0.25, 0.3) is 5.91 Å². The molecular weight excluding hydrogens is 928 g/mol. The Labute approximate surface area is 361 Å². The number of hydrogen-bond donors (Lipinski definition) is 4. The standard InChI is InChI=1S/C40H30F12N2O12/c1-20-18-21(2-12-27(20)31(56)62-14-16-64-33(58)35(60,37(41,42)43)38(44,45)46)22-3-13-28(32(57)63-15-17-65-34(59)36(61,39(47,48)49)40(50,51)52)29(19-22)30(55)54-24-6-10-26(11-7-24)66-25-8-4-23(53)5-9-25/h2-13,18-19,60-61H,14-17,53H2,1H3,(H,54,55). The highest BCUT2D eigenvalue weighted by Gasteiger charge is 2.77. The van der Waals surface area contributed by atoms with Crippen LogP contribution in [0.4, 0.5) is 64.1 Å². The van der Waals surface area contributed by atoms with Crippen LogP contribution in [0.5, 0.6) is 11.5 Å². The van der Waals surface area contributed by atoms with E-state index in [0.717, 1.165) is 18.2 Å². The number of benzene rings is 4. The monoisotopic (exact) mass is 958 g/mol. The number of ether oxygens (including phenoxy) is 5. The lowest BCUT2D eigenvalue weighted by Crippen LogP contribution is -2.63. The number of nitrogen functional groups attached to an aromatic ring is 1. The molecule has 14 nitrogen and oxygen atoms in total. The zero-order valence-electron chi connectivity index (χ0n) is 33.0. The Kier molecular flexibility index (Phi) is 15.3. The molecule has 0 saturated heterocycles. The predicted molar refractivity (Wildman–Crippen MR) is 199 cm³/mol. The molecule has 4 rings (SSSR count). The fourth-order valence-electron chi connectivity index (χ4n) is 5.32. The van der Waals surface area contributed by atoms with E-state index in [1.165, 1.54) is 49.4 Å². The van der Waals surface area contributed by atoms with Crippen LogP contribution in [-0.2, 0) is 28.5 Å². The smallest absolute Gasteiger partial charge is 0.437 e. The number of nitrogens with two attached hydrogens (primary N) is 1. The van der Waals surface area contributed by atoms with Crippen LogP contribution in [0.3, 0.4) is 0 Å². The summed E-state index contributed by atoms with van der Waals surface area (Å²) >= 11 is 0. The van der Waals surface area contributed by atoms with E-state index in [0.29, 0.717) is 17.2 Å². The Morgan fingerprint density at radius 1 is 0.515 bits per heavy atom. The summed E-state index contributed by atoms with van der Waals surface area (Å²) < 4.78 is 178. The number of carbonyl (C=O) groups excluding carboxylic acids is 5. The number of amides is 1. The molecule has 0 radical (unpaired) electrons. The SMILES string of the molecule is Cc1cc(-c2ccc(C(=O)OCCOC(=O)C(O)(C(F)(F)F)C(F)(F)F)c(C(=O)Nc3ccc(Oc4ccc(N)cc4)cc3)c2)ccc1C(=O)OCCOC(=O)C(O)(C(F)(F)F)C(F)(F)F. The highest BCUT2D eigenvalue weighted by atomic mass is 19.4. The summed E-state index contributed by atoms with van der Waals surface area (Å²) in [6.07, 6.45) is -26.1. The van der Waals surface area contributed by atoms with Gasteiger partial charge in [-0.25, -0.2) is 19.2 Å². The molecule has 4 aromatic rings. The minimum atomic E-state index is -6.56. The van der Waals surface area contributed by atoms with Crippen LogP contribution in [0.1, 0.15) is 36.6 Å². The zero-order valence-corrected chi connectivity index (χ0v) is 33.0. The maximum absolute atomic E-state index is 13.7. The van der Waals surface area contributed by atoms with E-state index in [9.17, 15) is 76.7 Å². The normalized spacial score (nSPS) is 12.5. The summed E-state index contributed by atoms with van der Waals surface area (Å²) in [6.45, 7) is -3.69. The maximum Gasteiger partial charge on any atom is 0.437 e. The van der Waals surface area contributed by atoms with Gasteiger partial charge < -0.3 is 44.9 Å². The highest BCUT2D eigenvalue weighted by molar-refractivity contribution is 6.11. The molecule has 5 N–H and O–H groups in total. The van der Waals surface area contributed by atoms with Crippen LogP contribution in [0, 0.1) is 6.92 Å². The van der Waals surface area contributed by atoms with Gasteiger partial charge in [-0.3, -0.25) is 4.79 Å². The second-order valence-electron chi connectivity index (χ2n) is 13.4. The minimum absolute atomic E-state index is 0.103. The van der Waals surface area contributed by atoms with Gasteiger partial charge in [0.2, 0.25) is 0 Å².